The largest absolute Gasteiger partial charge is 0.439 e. The van der Waals surface area contributed by atoms with Crippen LogP contribution in [0.1, 0.15) is 32.2 Å². The SMILES string of the molecule is CNc1cc(Oc2cccc(C(C)(C)C)c2)nc(C)n1. The van der Waals surface area contributed by atoms with Crippen molar-refractivity contribution >= 4 is 5.82 Å². The molecular formula is C16H21N3O. The molecule has 0 radical (unpaired) electrons. The van der Waals surface area contributed by atoms with Crippen LogP contribution in [0.15, 0.2) is 30.3 Å². The maximum atomic E-state index is 5.85. The molecule has 0 unspecified atom stereocenters. The summed E-state index contributed by atoms with van der Waals surface area (Å²) >= 11 is 0. The Hall–Kier alpha value is -2.10. The van der Waals surface area contributed by atoms with Crippen molar-refractivity contribution in [3.63, 3.8) is 0 Å². The summed E-state index contributed by atoms with van der Waals surface area (Å²) in [6, 6.07) is 9.89. The van der Waals surface area contributed by atoms with Gasteiger partial charge in [-0.1, -0.05) is 32.9 Å². The van der Waals surface area contributed by atoms with Crippen molar-refractivity contribution in [1.29, 1.82) is 0 Å². The molecule has 106 valence electrons. The molecule has 0 bridgehead atoms. The summed E-state index contributed by atoms with van der Waals surface area (Å²) in [6.07, 6.45) is 0. The zero-order chi connectivity index (χ0) is 14.8. The number of nitrogens with zero attached hydrogens (tertiary/aromatic N) is 2. The molecule has 4 nitrogen and oxygen atoms in total. The molecule has 20 heavy (non-hydrogen) atoms. The summed E-state index contributed by atoms with van der Waals surface area (Å²) in [5.41, 5.74) is 1.33. The maximum absolute atomic E-state index is 5.85. The lowest BCUT2D eigenvalue weighted by Crippen LogP contribution is -2.10. The highest BCUT2D eigenvalue weighted by Crippen LogP contribution is 2.28. The Bertz CT molecular complexity index is 603. The number of anilines is 1. The number of hydrogen-bond acceptors (Lipinski definition) is 4. The monoisotopic (exact) mass is 271 g/mol. The van der Waals surface area contributed by atoms with Gasteiger partial charge >= 0.3 is 0 Å². The van der Waals surface area contributed by atoms with E-state index in [-0.39, 0.29) is 5.41 Å². The molecule has 0 spiro atoms. The highest BCUT2D eigenvalue weighted by molar-refractivity contribution is 5.40. The summed E-state index contributed by atoms with van der Waals surface area (Å²) in [7, 11) is 1.83. The highest BCUT2D eigenvalue weighted by Gasteiger charge is 2.14. The van der Waals surface area contributed by atoms with Gasteiger partial charge in [0.2, 0.25) is 5.88 Å². The van der Waals surface area contributed by atoms with Gasteiger partial charge in [0.1, 0.15) is 17.4 Å². The molecule has 0 aliphatic rings. The third-order valence-electron chi connectivity index (χ3n) is 2.99. The zero-order valence-corrected chi connectivity index (χ0v) is 12.7. The van der Waals surface area contributed by atoms with Crippen LogP contribution in [-0.2, 0) is 5.41 Å². The average molecular weight is 271 g/mol. The molecular weight excluding hydrogens is 250 g/mol. The molecule has 2 rings (SSSR count). The second kappa shape index (κ2) is 5.49. The molecule has 0 saturated heterocycles. The lowest BCUT2D eigenvalue weighted by molar-refractivity contribution is 0.457. The predicted molar refractivity (Wildman–Crippen MR) is 81.5 cm³/mol. The van der Waals surface area contributed by atoms with Crippen LogP contribution in [-0.4, -0.2) is 17.0 Å². The summed E-state index contributed by atoms with van der Waals surface area (Å²) in [4.78, 5) is 8.54. The molecule has 1 aromatic carbocycles. The fourth-order valence-corrected chi connectivity index (χ4v) is 1.87. The van der Waals surface area contributed by atoms with Gasteiger partial charge in [-0.3, -0.25) is 0 Å². The van der Waals surface area contributed by atoms with Crippen LogP contribution in [0.3, 0.4) is 0 Å². The van der Waals surface area contributed by atoms with Crippen molar-refractivity contribution in [2.75, 3.05) is 12.4 Å². The third-order valence-corrected chi connectivity index (χ3v) is 2.99. The zero-order valence-electron chi connectivity index (χ0n) is 12.7. The maximum Gasteiger partial charge on any atom is 0.224 e. The normalized spacial score (nSPS) is 11.2. The first-order chi connectivity index (χ1) is 9.38. The van der Waals surface area contributed by atoms with Crippen molar-refractivity contribution in [3.8, 4) is 11.6 Å². The smallest absolute Gasteiger partial charge is 0.224 e. The van der Waals surface area contributed by atoms with Crippen molar-refractivity contribution < 1.29 is 4.74 Å². The van der Waals surface area contributed by atoms with Gasteiger partial charge in [0, 0.05) is 13.1 Å². The summed E-state index contributed by atoms with van der Waals surface area (Å²) in [6.45, 7) is 8.39. The van der Waals surface area contributed by atoms with Crippen molar-refractivity contribution in [1.82, 2.24) is 9.97 Å². The fraction of sp³-hybridized carbons (Fsp3) is 0.375. The Labute approximate surface area is 120 Å². The van der Waals surface area contributed by atoms with Crippen molar-refractivity contribution in [2.24, 2.45) is 0 Å². The van der Waals surface area contributed by atoms with E-state index in [0.29, 0.717) is 11.7 Å². The van der Waals surface area contributed by atoms with Crippen molar-refractivity contribution in [3.05, 3.63) is 41.7 Å². The molecule has 0 amide bonds. The van der Waals surface area contributed by atoms with Crippen LogP contribution >= 0.6 is 0 Å². The van der Waals surface area contributed by atoms with Crippen LogP contribution < -0.4 is 10.1 Å². The van der Waals surface area contributed by atoms with E-state index in [1.54, 1.807) is 6.07 Å². The highest BCUT2D eigenvalue weighted by atomic mass is 16.5. The van der Waals surface area contributed by atoms with Gasteiger partial charge in [0.25, 0.3) is 0 Å². The minimum atomic E-state index is 0.0943. The van der Waals surface area contributed by atoms with Gasteiger partial charge < -0.3 is 10.1 Å². The number of nitrogens with one attached hydrogen (secondary N) is 1. The molecule has 0 saturated carbocycles. The van der Waals surface area contributed by atoms with Crippen LogP contribution in [0.2, 0.25) is 0 Å². The lowest BCUT2D eigenvalue weighted by Gasteiger charge is -2.19. The van der Waals surface area contributed by atoms with Gasteiger partial charge in [0.05, 0.1) is 0 Å². The number of rotatable bonds is 3. The molecule has 1 heterocycles. The van der Waals surface area contributed by atoms with Gasteiger partial charge in [-0.05, 0) is 30.0 Å². The van der Waals surface area contributed by atoms with E-state index in [0.717, 1.165) is 11.6 Å². The van der Waals surface area contributed by atoms with Gasteiger partial charge in [-0.2, -0.15) is 4.98 Å². The quantitative estimate of drug-likeness (QED) is 0.919. The van der Waals surface area contributed by atoms with E-state index >= 15 is 0 Å². The van der Waals surface area contributed by atoms with E-state index in [1.165, 1.54) is 5.56 Å². The van der Waals surface area contributed by atoms with Crippen LogP contribution in [0, 0.1) is 6.92 Å². The Morgan fingerprint density at radius 3 is 2.50 bits per heavy atom. The topological polar surface area (TPSA) is 47.0 Å². The molecule has 2 aromatic rings. The summed E-state index contributed by atoms with van der Waals surface area (Å²) in [5.74, 6) is 2.77. The molecule has 0 aliphatic heterocycles. The Kier molecular flexibility index (Phi) is 3.93. The van der Waals surface area contributed by atoms with Crippen LogP contribution in [0.25, 0.3) is 0 Å². The van der Waals surface area contributed by atoms with E-state index < -0.39 is 0 Å². The Morgan fingerprint density at radius 1 is 1.10 bits per heavy atom. The Morgan fingerprint density at radius 2 is 1.85 bits per heavy atom. The number of hydrogen-bond donors (Lipinski definition) is 1. The van der Waals surface area contributed by atoms with E-state index in [1.807, 2.05) is 26.1 Å². The van der Waals surface area contributed by atoms with E-state index in [2.05, 4.69) is 48.2 Å². The number of ether oxygens (including phenoxy) is 1. The lowest BCUT2D eigenvalue weighted by atomic mass is 9.87. The van der Waals surface area contributed by atoms with Crippen LogP contribution in [0.4, 0.5) is 5.82 Å². The molecule has 0 atom stereocenters. The van der Waals surface area contributed by atoms with Crippen molar-refractivity contribution in [2.45, 2.75) is 33.1 Å². The van der Waals surface area contributed by atoms with E-state index in [4.69, 9.17) is 4.74 Å². The molecule has 1 N–H and O–H groups in total. The predicted octanol–water partition coefficient (Wildman–Crippen LogP) is 3.92. The molecule has 4 heteroatoms. The number of aromatic nitrogens is 2. The first kappa shape index (κ1) is 14.3. The summed E-state index contributed by atoms with van der Waals surface area (Å²) < 4.78 is 5.85. The summed E-state index contributed by atoms with van der Waals surface area (Å²) in [5, 5.41) is 3.00. The first-order valence-electron chi connectivity index (χ1n) is 6.70. The fourth-order valence-electron chi connectivity index (χ4n) is 1.87. The minimum Gasteiger partial charge on any atom is -0.439 e. The number of benzene rings is 1. The van der Waals surface area contributed by atoms with Gasteiger partial charge in [0.15, 0.2) is 0 Å². The van der Waals surface area contributed by atoms with Gasteiger partial charge in [-0.15, -0.1) is 0 Å². The second-order valence-electron chi connectivity index (χ2n) is 5.77. The second-order valence-corrected chi connectivity index (χ2v) is 5.77. The minimum absolute atomic E-state index is 0.0943. The third kappa shape index (κ3) is 3.47. The average Bonchev–Trinajstić information content (AvgIpc) is 2.37. The molecule has 1 aromatic heterocycles. The van der Waals surface area contributed by atoms with E-state index in [9.17, 15) is 0 Å². The van der Waals surface area contributed by atoms with Crippen LogP contribution in [0.5, 0.6) is 11.6 Å². The molecule has 0 fully saturated rings. The molecule has 0 aliphatic carbocycles. The van der Waals surface area contributed by atoms with Gasteiger partial charge in [-0.25, -0.2) is 4.98 Å². The number of aryl methyl sites for hydroxylation is 1. The Balaban J connectivity index is 2.28. The standard InChI is InChI=1S/C16H21N3O/c1-11-18-14(17-5)10-15(19-11)20-13-8-6-7-12(9-13)16(2,3)4/h6-10H,1-5H3,(H,17,18,19). The first-order valence-corrected chi connectivity index (χ1v) is 6.70.